The van der Waals surface area contributed by atoms with Crippen molar-refractivity contribution in [2.75, 3.05) is 23.4 Å². The van der Waals surface area contributed by atoms with E-state index < -0.39 is 0 Å². The maximum atomic E-state index is 12.1. The molecule has 5 nitrogen and oxygen atoms in total. The third-order valence-electron chi connectivity index (χ3n) is 4.19. The first kappa shape index (κ1) is 17.0. The molecule has 1 saturated heterocycles. The monoisotopic (exact) mass is 338 g/mol. The van der Waals surface area contributed by atoms with Gasteiger partial charge < -0.3 is 15.0 Å². The summed E-state index contributed by atoms with van der Waals surface area (Å²) in [6.07, 6.45) is 1.79. The Bertz CT molecular complexity index is 759. The van der Waals surface area contributed by atoms with Gasteiger partial charge in [-0.05, 0) is 49.2 Å². The summed E-state index contributed by atoms with van der Waals surface area (Å²) < 4.78 is 5.53. The van der Waals surface area contributed by atoms with Crippen molar-refractivity contribution < 1.29 is 14.3 Å². The lowest BCUT2D eigenvalue weighted by atomic mass is 10.1. The quantitative estimate of drug-likeness (QED) is 0.876. The number of nitrogens with one attached hydrogen (secondary N) is 1. The molecule has 2 amide bonds. The number of carbonyl (C=O) groups is 2. The number of rotatable bonds is 6. The Morgan fingerprint density at radius 1 is 1.20 bits per heavy atom. The molecule has 0 unspecified atom stereocenters. The molecule has 3 rings (SSSR count). The first-order chi connectivity index (χ1) is 12.1. The molecule has 0 spiro atoms. The van der Waals surface area contributed by atoms with Crippen LogP contribution < -0.4 is 15.0 Å². The van der Waals surface area contributed by atoms with Crippen molar-refractivity contribution in [3.63, 3.8) is 0 Å². The summed E-state index contributed by atoms with van der Waals surface area (Å²) in [6.45, 7) is 3.05. The summed E-state index contributed by atoms with van der Waals surface area (Å²) in [5.74, 6) is 0.823. The van der Waals surface area contributed by atoms with Crippen LogP contribution in [0.3, 0.4) is 0 Å². The van der Waals surface area contributed by atoms with Gasteiger partial charge in [-0.1, -0.05) is 18.2 Å². The molecule has 1 aliphatic heterocycles. The van der Waals surface area contributed by atoms with E-state index in [0.29, 0.717) is 13.0 Å². The normalized spacial score (nSPS) is 13.8. The van der Waals surface area contributed by atoms with Crippen LogP contribution in [0.4, 0.5) is 11.4 Å². The molecule has 1 aliphatic rings. The number of carbonyl (C=O) groups excluding carboxylic acids is 2. The van der Waals surface area contributed by atoms with E-state index in [1.54, 1.807) is 0 Å². The Labute approximate surface area is 147 Å². The lowest BCUT2D eigenvalue weighted by molar-refractivity contribution is -0.117. The molecule has 1 heterocycles. The molecule has 5 heteroatoms. The lowest BCUT2D eigenvalue weighted by Gasteiger charge is -2.19. The summed E-state index contributed by atoms with van der Waals surface area (Å²) >= 11 is 0. The van der Waals surface area contributed by atoms with Crippen molar-refractivity contribution in [3.05, 3.63) is 54.1 Å². The fourth-order valence-electron chi connectivity index (χ4n) is 2.94. The molecule has 2 aromatic rings. The van der Waals surface area contributed by atoms with E-state index in [1.165, 1.54) is 0 Å². The van der Waals surface area contributed by atoms with Crippen LogP contribution in [0.25, 0.3) is 0 Å². The van der Waals surface area contributed by atoms with Crippen molar-refractivity contribution in [2.45, 2.75) is 26.2 Å². The second-order valence-corrected chi connectivity index (χ2v) is 6.11. The smallest absolute Gasteiger partial charge is 0.227 e. The zero-order chi connectivity index (χ0) is 17.6. The topological polar surface area (TPSA) is 58.6 Å². The largest absolute Gasteiger partial charge is 0.493 e. The molecular formula is C20H22N2O3. The van der Waals surface area contributed by atoms with Crippen LogP contribution in [0.2, 0.25) is 0 Å². The molecule has 130 valence electrons. The number of hydrogen-bond donors (Lipinski definition) is 1. The molecule has 1 N–H and O–H groups in total. The molecule has 0 radical (unpaired) electrons. The first-order valence-corrected chi connectivity index (χ1v) is 8.52. The number of benzene rings is 2. The average molecular weight is 338 g/mol. The Morgan fingerprint density at radius 3 is 2.68 bits per heavy atom. The number of nitrogens with zero attached hydrogens (tertiary/aromatic N) is 1. The average Bonchev–Trinajstić information content (AvgIpc) is 3.02. The van der Waals surface area contributed by atoms with E-state index in [-0.39, 0.29) is 18.2 Å². The Hall–Kier alpha value is -2.82. The molecule has 0 atom stereocenters. The Kier molecular flexibility index (Phi) is 5.33. The van der Waals surface area contributed by atoms with Crippen LogP contribution in [0.1, 0.15) is 24.8 Å². The fraction of sp³-hybridized carbons (Fsp3) is 0.300. The van der Waals surface area contributed by atoms with Crippen molar-refractivity contribution in [2.24, 2.45) is 0 Å². The molecule has 0 saturated carbocycles. The van der Waals surface area contributed by atoms with Crippen LogP contribution in [0.5, 0.6) is 5.75 Å². The van der Waals surface area contributed by atoms with Crippen LogP contribution >= 0.6 is 0 Å². The highest BCUT2D eigenvalue weighted by molar-refractivity contribution is 5.97. The van der Waals surface area contributed by atoms with Gasteiger partial charge in [-0.2, -0.15) is 0 Å². The van der Waals surface area contributed by atoms with Crippen molar-refractivity contribution in [3.8, 4) is 5.75 Å². The molecular weight excluding hydrogens is 316 g/mol. The van der Waals surface area contributed by atoms with Gasteiger partial charge in [-0.25, -0.2) is 0 Å². The fourth-order valence-corrected chi connectivity index (χ4v) is 2.94. The summed E-state index contributed by atoms with van der Waals surface area (Å²) in [5.41, 5.74) is 2.64. The van der Waals surface area contributed by atoms with Crippen molar-refractivity contribution >= 4 is 23.2 Å². The van der Waals surface area contributed by atoms with E-state index in [2.05, 4.69) is 5.32 Å². The van der Waals surface area contributed by atoms with Gasteiger partial charge in [0.2, 0.25) is 11.8 Å². The highest BCUT2D eigenvalue weighted by Crippen LogP contribution is 2.27. The number of para-hydroxylation sites is 1. The van der Waals surface area contributed by atoms with Gasteiger partial charge >= 0.3 is 0 Å². The molecule has 1 fully saturated rings. The van der Waals surface area contributed by atoms with Gasteiger partial charge in [0.15, 0.2) is 0 Å². The Morgan fingerprint density at radius 2 is 2.00 bits per heavy atom. The minimum atomic E-state index is -0.0969. The van der Waals surface area contributed by atoms with Gasteiger partial charge in [-0.15, -0.1) is 0 Å². The van der Waals surface area contributed by atoms with E-state index in [9.17, 15) is 9.59 Å². The second-order valence-electron chi connectivity index (χ2n) is 6.11. The van der Waals surface area contributed by atoms with E-state index in [0.717, 1.165) is 35.7 Å². The van der Waals surface area contributed by atoms with Crippen LogP contribution in [0, 0.1) is 6.92 Å². The van der Waals surface area contributed by atoms with Gasteiger partial charge in [-0.3, -0.25) is 9.59 Å². The zero-order valence-corrected chi connectivity index (χ0v) is 14.3. The van der Waals surface area contributed by atoms with Crippen LogP contribution in [-0.4, -0.2) is 25.0 Å². The predicted octanol–water partition coefficient (Wildman–Crippen LogP) is 3.53. The third-order valence-corrected chi connectivity index (χ3v) is 4.19. The number of aryl methyl sites for hydroxylation is 1. The van der Waals surface area contributed by atoms with Crippen molar-refractivity contribution in [1.82, 2.24) is 0 Å². The van der Waals surface area contributed by atoms with Gasteiger partial charge in [0.25, 0.3) is 0 Å². The summed E-state index contributed by atoms with van der Waals surface area (Å²) in [7, 11) is 0. The van der Waals surface area contributed by atoms with E-state index in [4.69, 9.17) is 4.74 Å². The molecule has 2 aromatic carbocycles. The number of anilines is 2. The van der Waals surface area contributed by atoms with Gasteiger partial charge in [0, 0.05) is 24.3 Å². The maximum absolute atomic E-state index is 12.1. The Balaban J connectivity index is 1.53. The minimum Gasteiger partial charge on any atom is -0.493 e. The highest BCUT2D eigenvalue weighted by Gasteiger charge is 2.22. The summed E-state index contributed by atoms with van der Waals surface area (Å²) in [4.78, 5) is 25.7. The predicted molar refractivity (Wildman–Crippen MR) is 97.9 cm³/mol. The number of hydrogen-bond acceptors (Lipinski definition) is 3. The molecule has 0 aliphatic carbocycles. The SMILES string of the molecule is Cc1cc(NC(=O)CCOc2ccccc2)ccc1N1CCCC1=O. The number of amides is 2. The molecule has 25 heavy (non-hydrogen) atoms. The first-order valence-electron chi connectivity index (χ1n) is 8.52. The van der Waals surface area contributed by atoms with Crippen LogP contribution in [0.15, 0.2) is 48.5 Å². The minimum absolute atomic E-state index is 0.0969. The molecule has 0 bridgehead atoms. The maximum Gasteiger partial charge on any atom is 0.227 e. The summed E-state index contributed by atoms with van der Waals surface area (Å²) in [5, 5.41) is 2.88. The van der Waals surface area contributed by atoms with Crippen LogP contribution in [-0.2, 0) is 9.59 Å². The second kappa shape index (κ2) is 7.83. The zero-order valence-electron chi connectivity index (χ0n) is 14.3. The number of ether oxygens (including phenoxy) is 1. The third kappa shape index (κ3) is 4.38. The van der Waals surface area contributed by atoms with Gasteiger partial charge in [0.05, 0.1) is 13.0 Å². The molecule has 0 aromatic heterocycles. The van der Waals surface area contributed by atoms with E-state index in [1.807, 2.05) is 60.4 Å². The summed E-state index contributed by atoms with van der Waals surface area (Å²) in [6, 6.07) is 15.1. The highest BCUT2D eigenvalue weighted by atomic mass is 16.5. The van der Waals surface area contributed by atoms with Gasteiger partial charge in [0.1, 0.15) is 5.75 Å². The lowest BCUT2D eigenvalue weighted by Crippen LogP contribution is -2.24. The standard InChI is InChI=1S/C20H22N2O3/c1-15-14-16(9-10-18(15)22-12-5-8-20(22)24)21-19(23)11-13-25-17-6-3-2-4-7-17/h2-4,6-7,9-10,14H,5,8,11-13H2,1H3,(H,21,23). The van der Waals surface area contributed by atoms with E-state index >= 15 is 0 Å². The van der Waals surface area contributed by atoms with Crippen molar-refractivity contribution in [1.29, 1.82) is 0 Å².